The number of hydrogen-bond acceptors (Lipinski definition) is 2. The van der Waals surface area contributed by atoms with Crippen molar-refractivity contribution in [1.82, 2.24) is 9.55 Å². The SMILES string of the molecule is Cc1ccc(C)c(-n2c(=O)cc(C(F)(F)F)[nH]c2=O)c1. The molecule has 0 aliphatic heterocycles. The lowest BCUT2D eigenvalue weighted by atomic mass is 10.1. The van der Waals surface area contributed by atoms with Gasteiger partial charge in [-0.15, -0.1) is 0 Å². The second kappa shape index (κ2) is 4.66. The molecule has 0 atom stereocenters. The van der Waals surface area contributed by atoms with Gasteiger partial charge in [-0.1, -0.05) is 12.1 Å². The number of aryl methyl sites for hydroxylation is 2. The lowest BCUT2D eigenvalue weighted by molar-refractivity contribution is -0.141. The summed E-state index contributed by atoms with van der Waals surface area (Å²) in [6.45, 7) is 3.42. The molecule has 0 saturated carbocycles. The molecule has 0 amide bonds. The van der Waals surface area contributed by atoms with Crippen molar-refractivity contribution in [2.45, 2.75) is 20.0 Å². The summed E-state index contributed by atoms with van der Waals surface area (Å²) in [6.07, 6.45) is -4.76. The zero-order valence-corrected chi connectivity index (χ0v) is 10.7. The number of nitrogens with one attached hydrogen (secondary N) is 1. The largest absolute Gasteiger partial charge is 0.431 e. The smallest absolute Gasteiger partial charge is 0.303 e. The van der Waals surface area contributed by atoms with Crippen molar-refractivity contribution >= 4 is 0 Å². The summed E-state index contributed by atoms with van der Waals surface area (Å²) in [5.41, 5.74) is -1.81. The van der Waals surface area contributed by atoms with Gasteiger partial charge < -0.3 is 4.98 Å². The Kier molecular flexibility index (Phi) is 3.29. The van der Waals surface area contributed by atoms with Crippen LogP contribution in [0.15, 0.2) is 33.9 Å². The average Bonchev–Trinajstić information content (AvgIpc) is 2.31. The summed E-state index contributed by atoms with van der Waals surface area (Å²) in [5, 5.41) is 0. The summed E-state index contributed by atoms with van der Waals surface area (Å²) >= 11 is 0. The molecule has 0 bridgehead atoms. The van der Waals surface area contributed by atoms with Crippen LogP contribution in [0.4, 0.5) is 13.2 Å². The van der Waals surface area contributed by atoms with Gasteiger partial charge in [-0.3, -0.25) is 4.79 Å². The van der Waals surface area contributed by atoms with Gasteiger partial charge in [0.25, 0.3) is 5.56 Å². The van der Waals surface area contributed by atoms with Gasteiger partial charge in [0.2, 0.25) is 0 Å². The predicted octanol–water partition coefficient (Wildman–Crippen LogP) is 2.16. The fourth-order valence-electron chi connectivity index (χ4n) is 1.84. The maximum Gasteiger partial charge on any atom is 0.431 e. The van der Waals surface area contributed by atoms with Gasteiger partial charge in [-0.05, 0) is 31.0 Å². The van der Waals surface area contributed by atoms with E-state index in [-0.39, 0.29) is 5.69 Å². The van der Waals surface area contributed by atoms with Crippen molar-refractivity contribution in [2.75, 3.05) is 0 Å². The molecule has 1 aromatic carbocycles. The molecule has 1 heterocycles. The Morgan fingerprint density at radius 2 is 1.75 bits per heavy atom. The van der Waals surface area contributed by atoms with Crippen LogP contribution in [0.2, 0.25) is 0 Å². The lowest BCUT2D eigenvalue weighted by Crippen LogP contribution is -2.36. The fourth-order valence-corrected chi connectivity index (χ4v) is 1.84. The normalized spacial score (nSPS) is 11.7. The minimum atomic E-state index is -4.76. The number of rotatable bonds is 1. The van der Waals surface area contributed by atoms with Crippen molar-refractivity contribution in [2.24, 2.45) is 0 Å². The quantitative estimate of drug-likeness (QED) is 0.872. The number of benzene rings is 1. The van der Waals surface area contributed by atoms with Crippen molar-refractivity contribution in [3.05, 3.63) is 61.9 Å². The third kappa shape index (κ3) is 2.52. The molecule has 0 aliphatic rings. The van der Waals surface area contributed by atoms with Gasteiger partial charge in [-0.25, -0.2) is 9.36 Å². The van der Waals surface area contributed by atoms with Gasteiger partial charge in [0, 0.05) is 6.07 Å². The molecule has 20 heavy (non-hydrogen) atoms. The number of aromatic amines is 1. The van der Waals surface area contributed by atoms with Gasteiger partial charge in [0.05, 0.1) is 5.69 Å². The van der Waals surface area contributed by atoms with Crippen LogP contribution in [-0.4, -0.2) is 9.55 Å². The van der Waals surface area contributed by atoms with E-state index in [1.165, 1.54) is 0 Å². The van der Waals surface area contributed by atoms with Gasteiger partial charge in [0.15, 0.2) is 0 Å². The Hall–Kier alpha value is -2.31. The summed E-state index contributed by atoms with van der Waals surface area (Å²) in [6, 6.07) is 5.42. The number of aromatic nitrogens is 2. The number of alkyl halides is 3. The van der Waals surface area contributed by atoms with Crippen molar-refractivity contribution in [3.63, 3.8) is 0 Å². The zero-order valence-electron chi connectivity index (χ0n) is 10.7. The highest BCUT2D eigenvalue weighted by Crippen LogP contribution is 2.25. The maximum atomic E-state index is 12.5. The monoisotopic (exact) mass is 284 g/mol. The molecule has 4 nitrogen and oxygen atoms in total. The van der Waals surface area contributed by atoms with E-state index in [0.29, 0.717) is 16.2 Å². The maximum absolute atomic E-state index is 12.5. The van der Waals surface area contributed by atoms with E-state index in [4.69, 9.17) is 0 Å². The van der Waals surface area contributed by atoms with Gasteiger partial charge in [-0.2, -0.15) is 13.2 Å². The van der Waals surface area contributed by atoms with Crippen LogP contribution >= 0.6 is 0 Å². The standard InChI is InChI=1S/C13H11F3N2O2/c1-7-3-4-8(2)9(5-7)18-11(19)6-10(13(14,15)16)17-12(18)20/h3-6H,1-2H3,(H,17,20). The van der Waals surface area contributed by atoms with Crippen molar-refractivity contribution < 1.29 is 13.2 Å². The summed E-state index contributed by atoms with van der Waals surface area (Å²) < 4.78 is 38.2. The molecule has 1 N–H and O–H groups in total. The zero-order chi connectivity index (χ0) is 15.1. The Bertz CT molecular complexity index is 741. The number of halogens is 3. The van der Waals surface area contributed by atoms with Crippen LogP contribution in [0.5, 0.6) is 0 Å². The van der Waals surface area contributed by atoms with E-state index >= 15 is 0 Å². The van der Waals surface area contributed by atoms with Crippen LogP contribution in [0, 0.1) is 13.8 Å². The molecule has 0 fully saturated rings. The first kappa shape index (κ1) is 14.1. The topological polar surface area (TPSA) is 54.9 Å². The first-order chi connectivity index (χ1) is 9.20. The molecule has 106 valence electrons. The summed E-state index contributed by atoms with van der Waals surface area (Å²) in [5.74, 6) is 0. The number of nitrogens with zero attached hydrogens (tertiary/aromatic N) is 1. The third-order valence-electron chi connectivity index (χ3n) is 2.84. The third-order valence-corrected chi connectivity index (χ3v) is 2.84. The van der Waals surface area contributed by atoms with E-state index in [2.05, 4.69) is 0 Å². The molecular formula is C13H11F3N2O2. The predicted molar refractivity (Wildman–Crippen MR) is 67.1 cm³/mol. The van der Waals surface area contributed by atoms with Crippen LogP contribution in [0.1, 0.15) is 16.8 Å². The second-order valence-electron chi connectivity index (χ2n) is 4.45. The van der Waals surface area contributed by atoms with Crippen LogP contribution in [-0.2, 0) is 6.18 Å². The lowest BCUT2D eigenvalue weighted by Gasteiger charge is -2.11. The fraction of sp³-hybridized carbons (Fsp3) is 0.231. The number of H-pyrrole nitrogens is 1. The Balaban J connectivity index is 2.75. The van der Waals surface area contributed by atoms with E-state index in [1.54, 1.807) is 37.0 Å². The summed E-state index contributed by atoms with van der Waals surface area (Å²) in [7, 11) is 0. The van der Waals surface area contributed by atoms with Crippen LogP contribution in [0.3, 0.4) is 0 Å². The van der Waals surface area contributed by atoms with E-state index < -0.39 is 23.1 Å². The molecule has 0 unspecified atom stereocenters. The molecule has 0 saturated heterocycles. The molecule has 1 aromatic heterocycles. The minimum Gasteiger partial charge on any atom is -0.303 e. The van der Waals surface area contributed by atoms with Crippen molar-refractivity contribution in [1.29, 1.82) is 0 Å². The highest BCUT2D eigenvalue weighted by atomic mass is 19.4. The highest BCUT2D eigenvalue weighted by molar-refractivity contribution is 5.43. The Labute approximate surface area is 111 Å². The molecule has 0 spiro atoms. The first-order valence-corrected chi connectivity index (χ1v) is 5.71. The molecule has 2 rings (SSSR count). The number of hydrogen-bond donors (Lipinski definition) is 1. The first-order valence-electron chi connectivity index (χ1n) is 5.71. The Morgan fingerprint density at radius 3 is 2.30 bits per heavy atom. The van der Waals surface area contributed by atoms with E-state index in [9.17, 15) is 22.8 Å². The molecule has 2 aromatic rings. The molecule has 0 aliphatic carbocycles. The van der Waals surface area contributed by atoms with Gasteiger partial charge in [0.1, 0.15) is 5.69 Å². The molecule has 7 heteroatoms. The highest BCUT2D eigenvalue weighted by Gasteiger charge is 2.33. The van der Waals surface area contributed by atoms with Crippen LogP contribution < -0.4 is 11.2 Å². The summed E-state index contributed by atoms with van der Waals surface area (Å²) in [4.78, 5) is 25.3. The van der Waals surface area contributed by atoms with E-state index in [1.807, 2.05) is 0 Å². The second-order valence-corrected chi connectivity index (χ2v) is 4.45. The van der Waals surface area contributed by atoms with Crippen molar-refractivity contribution in [3.8, 4) is 5.69 Å². The van der Waals surface area contributed by atoms with Crippen LogP contribution in [0.25, 0.3) is 5.69 Å². The van der Waals surface area contributed by atoms with E-state index in [0.717, 1.165) is 5.56 Å². The molecular weight excluding hydrogens is 273 g/mol. The Morgan fingerprint density at radius 1 is 1.10 bits per heavy atom. The van der Waals surface area contributed by atoms with Gasteiger partial charge >= 0.3 is 11.9 Å². The molecule has 0 radical (unpaired) electrons. The average molecular weight is 284 g/mol. The minimum absolute atomic E-state index is 0.268.